The normalized spacial score (nSPS) is 14.0. The molecule has 0 amide bonds. The number of nitro benzene ring substituents is 2. The maximum atomic E-state index is 13.7. The van der Waals surface area contributed by atoms with Crippen LogP contribution in [0.2, 0.25) is 5.02 Å². The summed E-state index contributed by atoms with van der Waals surface area (Å²) in [6, 6.07) is 13.6. The molecule has 41 heavy (non-hydrogen) atoms. The Balaban J connectivity index is 1.60. The number of non-ortho nitro benzene ring substituents is 1. The van der Waals surface area contributed by atoms with Gasteiger partial charge in [-0.2, -0.15) is 9.78 Å². The van der Waals surface area contributed by atoms with E-state index < -0.39 is 15.5 Å². The topological polar surface area (TPSA) is 143 Å². The number of fused-ring (bicyclic) bond motifs is 1. The second-order valence-corrected chi connectivity index (χ2v) is 11.0. The van der Waals surface area contributed by atoms with E-state index in [9.17, 15) is 25.0 Å². The molecule has 0 bridgehead atoms. The molecule has 0 radical (unpaired) electrons. The highest BCUT2D eigenvalue weighted by atomic mass is 79.9. The summed E-state index contributed by atoms with van der Waals surface area (Å²) in [7, 11) is 0. The number of hydrogen-bond acceptors (Lipinski definition) is 8. The van der Waals surface area contributed by atoms with Crippen molar-refractivity contribution in [2.45, 2.75) is 44.6 Å². The molecule has 5 rings (SSSR count). The van der Waals surface area contributed by atoms with Gasteiger partial charge >= 0.3 is 5.69 Å². The number of halogens is 2. The van der Waals surface area contributed by atoms with Gasteiger partial charge in [-0.1, -0.05) is 58.9 Å². The summed E-state index contributed by atoms with van der Waals surface area (Å²) in [5.41, 5.74) is 0.235. The summed E-state index contributed by atoms with van der Waals surface area (Å²) < 4.78 is 7.80. The van der Waals surface area contributed by atoms with Crippen LogP contribution < -0.4 is 10.3 Å². The highest BCUT2D eigenvalue weighted by Crippen LogP contribution is 2.35. The summed E-state index contributed by atoms with van der Waals surface area (Å²) in [5, 5.41) is 28.0. The number of nitrogens with zero attached hydrogens (tertiary/aromatic N) is 5. The van der Waals surface area contributed by atoms with Crippen LogP contribution in [0.5, 0.6) is 5.75 Å². The quantitative estimate of drug-likeness (QED) is 0.113. The van der Waals surface area contributed by atoms with Gasteiger partial charge in [-0.05, 0) is 42.7 Å². The lowest BCUT2D eigenvalue weighted by atomic mass is 9.88. The molecule has 1 fully saturated rings. The molecule has 13 heteroatoms. The van der Waals surface area contributed by atoms with Crippen LogP contribution in [-0.4, -0.2) is 25.7 Å². The smallest absolute Gasteiger partial charge is 0.313 e. The predicted molar refractivity (Wildman–Crippen MR) is 158 cm³/mol. The Kier molecular flexibility index (Phi) is 8.41. The molecule has 0 saturated heterocycles. The van der Waals surface area contributed by atoms with Crippen LogP contribution >= 0.6 is 27.5 Å². The second-order valence-electron chi connectivity index (χ2n) is 9.64. The van der Waals surface area contributed by atoms with Crippen molar-refractivity contribution >= 4 is 56.0 Å². The van der Waals surface area contributed by atoms with Gasteiger partial charge in [0, 0.05) is 39.2 Å². The van der Waals surface area contributed by atoms with E-state index in [-0.39, 0.29) is 40.1 Å². The summed E-state index contributed by atoms with van der Waals surface area (Å²) in [5.74, 6) is 0.412. The van der Waals surface area contributed by atoms with Gasteiger partial charge in [-0.15, -0.1) is 0 Å². The standard InChI is InChI=1S/C28H23BrClN5O6/c29-20-9-10-24-23(13-20)28(36)33(27(32-24)18-6-2-1-3-7-18)31-15-19-12-21(30)14-25(35(39)40)26(19)41-16-17-5-4-8-22(11-17)34(37)38/h4-5,8-15,18H,1-3,6-7,16H2. The third kappa shape index (κ3) is 6.28. The van der Waals surface area contributed by atoms with Crippen molar-refractivity contribution in [3.05, 3.63) is 112 Å². The minimum absolute atomic E-state index is 0.0277. The van der Waals surface area contributed by atoms with Gasteiger partial charge in [0.2, 0.25) is 5.75 Å². The molecule has 11 nitrogen and oxygen atoms in total. The van der Waals surface area contributed by atoms with E-state index in [0.717, 1.165) is 38.2 Å². The van der Waals surface area contributed by atoms with E-state index in [2.05, 4.69) is 21.0 Å². The molecule has 1 aromatic heterocycles. The summed E-state index contributed by atoms with van der Waals surface area (Å²) in [6.45, 7) is -0.191. The van der Waals surface area contributed by atoms with Crippen LogP contribution in [0.4, 0.5) is 11.4 Å². The molecule has 4 aromatic rings. The molecule has 1 aliphatic rings. The number of hydrogen-bond donors (Lipinski definition) is 0. The van der Waals surface area contributed by atoms with E-state index >= 15 is 0 Å². The van der Waals surface area contributed by atoms with Crippen molar-refractivity contribution in [3.63, 3.8) is 0 Å². The van der Waals surface area contributed by atoms with Crippen molar-refractivity contribution in [1.29, 1.82) is 0 Å². The average Bonchev–Trinajstić information content (AvgIpc) is 2.96. The Labute approximate surface area is 246 Å². The third-order valence-corrected chi connectivity index (χ3v) is 7.59. The van der Waals surface area contributed by atoms with Gasteiger partial charge < -0.3 is 4.74 Å². The third-order valence-electron chi connectivity index (χ3n) is 6.88. The Morgan fingerprint density at radius 1 is 1.07 bits per heavy atom. The van der Waals surface area contributed by atoms with E-state index in [0.29, 0.717) is 26.8 Å². The van der Waals surface area contributed by atoms with Crippen molar-refractivity contribution in [3.8, 4) is 5.75 Å². The van der Waals surface area contributed by atoms with E-state index in [1.165, 1.54) is 35.2 Å². The molecule has 0 N–H and O–H groups in total. The van der Waals surface area contributed by atoms with Crippen LogP contribution in [0.25, 0.3) is 10.9 Å². The van der Waals surface area contributed by atoms with Crippen molar-refractivity contribution in [2.75, 3.05) is 0 Å². The number of rotatable bonds is 8. The Morgan fingerprint density at radius 3 is 2.59 bits per heavy atom. The SMILES string of the molecule is O=c1c2cc(Br)ccc2nc(C2CCCCC2)n1N=Cc1cc(Cl)cc([N+](=O)[O-])c1OCc1cccc([N+](=O)[O-])c1. The summed E-state index contributed by atoms with van der Waals surface area (Å²) >= 11 is 9.62. The van der Waals surface area contributed by atoms with Crippen LogP contribution in [0, 0.1) is 20.2 Å². The zero-order valence-corrected chi connectivity index (χ0v) is 23.9. The first-order valence-electron chi connectivity index (χ1n) is 12.8. The fraction of sp³-hybridized carbons (Fsp3) is 0.250. The number of benzene rings is 3. The molecule has 210 valence electrons. The molecule has 0 atom stereocenters. The largest absolute Gasteiger partial charge is 0.481 e. The highest BCUT2D eigenvalue weighted by molar-refractivity contribution is 9.10. The van der Waals surface area contributed by atoms with Gasteiger partial charge in [0.05, 0.1) is 27.0 Å². The zero-order chi connectivity index (χ0) is 29.1. The molecule has 0 unspecified atom stereocenters. The minimum atomic E-state index is -0.638. The summed E-state index contributed by atoms with van der Waals surface area (Å²) in [4.78, 5) is 40.4. The maximum Gasteiger partial charge on any atom is 0.313 e. The van der Waals surface area contributed by atoms with Crippen molar-refractivity contribution in [2.24, 2.45) is 5.10 Å². The van der Waals surface area contributed by atoms with Gasteiger partial charge in [0.1, 0.15) is 12.4 Å². The lowest BCUT2D eigenvalue weighted by molar-refractivity contribution is -0.386. The number of nitro groups is 2. The van der Waals surface area contributed by atoms with Gasteiger partial charge in [-0.3, -0.25) is 25.0 Å². The van der Waals surface area contributed by atoms with Gasteiger partial charge in [0.15, 0.2) is 0 Å². The molecule has 0 spiro atoms. The van der Waals surface area contributed by atoms with E-state index in [4.69, 9.17) is 21.3 Å². The molecule has 1 aliphatic carbocycles. The number of aromatic nitrogens is 2. The maximum absolute atomic E-state index is 13.7. The summed E-state index contributed by atoms with van der Waals surface area (Å²) in [6.07, 6.45) is 6.16. The molecular formula is C28H23BrClN5O6. The first kappa shape index (κ1) is 28.4. The Morgan fingerprint density at radius 2 is 1.85 bits per heavy atom. The minimum Gasteiger partial charge on any atom is -0.481 e. The van der Waals surface area contributed by atoms with Crippen molar-refractivity contribution < 1.29 is 14.6 Å². The fourth-order valence-corrected chi connectivity index (χ4v) is 5.51. The van der Waals surface area contributed by atoms with Crippen LogP contribution in [0.1, 0.15) is 55.0 Å². The second kappa shape index (κ2) is 12.1. The molecule has 1 saturated carbocycles. The van der Waals surface area contributed by atoms with Crippen LogP contribution in [0.15, 0.2) is 69.0 Å². The lowest BCUT2D eigenvalue weighted by Crippen LogP contribution is -2.25. The van der Waals surface area contributed by atoms with Crippen LogP contribution in [-0.2, 0) is 6.61 Å². The average molecular weight is 641 g/mol. The molecule has 0 aliphatic heterocycles. The molecule has 3 aromatic carbocycles. The first-order chi connectivity index (χ1) is 19.7. The van der Waals surface area contributed by atoms with Crippen molar-refractivity contribution in [1.82, 2.24) is 9.66 Å². The Hall–Kier alpha value is -4.16. The van der Waals surface area contributed by atoms with E-state index in [1.807, 2.05) is 6.07 Å². The number of ether oxygens (including phenoxy) is 1. The predicted octanol–water partition coefficient (Wildman–Crippen LogP) is 7.14. The van der Waals surface area contributed by atoms with Gasteiger partial charge in [-0.25, -0.2) is 4.98 Å². The molecular weight excluding hydrogens is 618 g/mol. The molecule has 1 heterocycles. The van der Waals surface area contributed by atoms with Gasteiger partial charge in [0.25, 0.3) is 11.2 Å². The fourth-order valence-electron chi connectivity index (χ4n) is 4.93. The zero-order valence-electron chi connectivity index (χ0n) is 21.5. The monoisotopic (exact) mass is 639 g/mol. The highest BCUT2D eigenvalue weighted by Gasteiger charge is 2.24. The Bertz CT molecular complexity index is 1750. The lowest BCUT2D eigenvalue weighted by Gasteiger charge is -2.22. The first-order valence-corrected chi connectivity index (χ1v) is 14.0. The van der Waals surface area contributed by atoms with Crippen LogP contribution in [0.3, 0.4) is 0 Å². The van der Waals surface area contributed by atoms with E-state index in [1.54, 1.807) is 18.2 Å².